The molecule has 0 aliphatic heterocycles. The number of anilines is 2. The largest absolute Gasteiger partial charge is 0.495 e. The third-order valence-corrected chi connectivity index (χ3v) is 4.44. The lowest BCUT2D eigenvalue weighted by molar-refractivity contribution is -0.124. The van der Waals surface area contributed by atoms with Gasteiger partial charge in [-0.2, -0.15) is 0 Å². The molecule has 142 valence electrons. The molecule has 1 aromatic carbocycles. The number of rotatable bonds is 7. The van der Waals surface area contributed by atoms with Gasteiger partial charge in [0.1, 0.15) is 17.1 Å². The molecule has 1 aliphatic rings. The first kappa shape index (κ1) is 18.7. The lowest BCUT2D eigenvalue weighted by Gasteiger charge is -2.14. The molecule has 1 aliphatic carbocycles. The zero-order valence-electron chi connectivity index (χ0n) is 15.2. The standard InChI is InChI=1S/C20H23N3O4/c1-26-17-11-5-4-10-16(17)23-19-15(9-6-12-21-19)20(25)27-13-18(24)22-14-7-2-3-8-14/h4-6,9-12,14H,2-3,7-8,13H2,1H3,(H,21,23)(H,22,24). The number of hydrogen-bond donors (Lipinski definition) is 2. The van der Waals surface area contributed by atoms with Crippen molar-refractivity contribution in [1.29, 1.82) is 0 Å². The van der Waals surface area contributed by atoms with Crippen molar-refractivity contribution in [1.82, 2.24) is 10.3 Å². The van der Waals surface area contributed by atoms with E-state index < -0.39 is 5.97 Å². The van der Waals surface area contributed by atoms with Crippen LogP contribution < -0.4 is 15.4 Å². The van der Waals surface area contributed by atoms with Gasteiger partial charge >= 0.3 is 5.97 Å². The Kier molecular flexibility index (Phi) is 6.25. The lowest BCUT2D eigenvalue weighted by atomic mass is 10.2. The maximum absolute atomic E-state index is 12.4. The van der Waals surface area contributed by atoms with E-state index in [1.807, 2.05) is 18.2 Å². The molecule has 0 atom stereocenters. The van der Waals surface area contributed by atoms with Crippen molar-refractivity contribution in [3.8, 4) is 5.75 Å². The third-order valence-electron chi connectivity index (χ3n) is 4.44. The van der Waals surface area contributed by atoms with Gasteiger partial charge in [0.2, 0.25) is 0 Å². The van der Waals surface area contributed by atoms with E-state index in [-0.39, 0.29) is 24.1 Å². The van der Waals surface area contributed by atoms with E-state index in [1.165, 1.54) is 0 Å². The predicted octanol–water partition coefficient (Wildman–Crippen LogP) is 3.05. The van der Waals surface area contributed by atoms with Crippen LogP contribution in [0.25, 0.3) is 0 Å². The van der Waals surface area contributed by atoms with Crippen LogP contribution >= 0.6 is 0 Å². The number of nitrogens with zero attached hydrogens (tertiary/aromatic N) is 1. The fourth-order valence-corrected chi connectivity index (χ4v) is 3.09. The number of esters is 1. The highest BCUT2D eigenvalue weighted by Crippen LogP contribution is 2.27. The molecule has 7 heteroatoms. The fraction of sp³-hybridized carbons (Fsp3) is 0.350. The first-order valence-corrected chi connectivity index (χ1v) is 8.99. The Bertz CT molecular complexity index is 803. The van der Waals surface area contributed by atoms with Crippen molar-refractivity contribution in [3.05, 3.63) is 48.2 Å². The summed E-state index contributed by atoms with van der Waals surface area (Å²) < 4.78 is 10.5. The van der Waals surface area contributed by atoms with E-state index in [2.05, 4.69) is 15.6 Å². The van der Waals surface area contributed by atoms with Gasteiger partial charge < -0.3 is 20.1 Å². The van der Waals surface area contributed by atoms with Crippen molar-refractivity contribution in [3.63, 3.8) is 0 Å². The Morgan fingerprint density at radius 1 is 1.15 bits per heavy atom. The molecule has 0 radical (unpaired) electrons. The number of carbonyl (C=O) groups excluding carboxylic acids is 2. The first-order chi connectivity index (χ1) is 13.2. The smallest absolute Gasteiger partial charge is 0.342 e. The van der Waals surface area contributed by atoms with Gasteiger partial charge in [-0.3, -0.25) is 4.79 Å². The number of aromatic nitrogens is 1. The van der Waals surface area contributed by atoms with Gasteiger partial charge in [-0.25, -0.2) is 9.78 Å². The molecule has 2 N–H and O–H groups in total. The number of pyridine rings is 1. The van der Waals surface area contributed by atoms with Crippen LogP contribution in [0.5, 0.6) is 5.75 Å². The number of para-hydroxylation sites is 2. The van der Waals surface area contributed by atoms with Crippen molar-refractivity contribution in [2.75, 3.05) is 19.0 Å². The van der Waals surface area contributed by atoms with Gasteiger partial charge in [0, 0.05) is 12.2 Å². The Morgan fingerprint density at radius 3 is 2.70 bits per heavy atom. The van der Waals surface area contributed by atoms with E-state index in [0.717, 1.165) is 25.7 Å². The summed E-state index contributed by atoms with van der Waals surface area (Å²) in [6.45, 7) is -0.307. The van der Waals surface area contributed by atoms with Crippen LogP contribution in [-0.2, 0) is 9.53 Å². The summed E-state index contributed by atoms with van der Waals surface area (Å²) >= 11 is 0. The molecule has 1 saturated carbocycles. The van der Waals surface area contributed by atoms with E-state index in [4.69, 9.17) is 9.47 Å². The Labute approximate surface area is 158 Å². The van der Waals surface area contributed by atoms with Gasteiger partial charge in [-0.05, 0) is 37.1 Å². The van der Waals surface area contributed by atoms with E-state index >= 15 is 0 Å². The molecular formula is C20H23N3O4. The van der Waals surface area contributed by atoms with Crippen LogP contribution in [0.1, 0.15) is 36.0 Å². The number of benzene rings is 1. The lowest BCUT2D eigenvalue weighted by Crippen LogP contribution is -2.35. The molecule has 0 spiro atoms. The fourth-order valence-electron chi connectivity index (χ4n) is 3.09. The van der Waals surface area contributed by atoms with Crippen LogP contribution in [0.4, 0.5) is 11.5 Å². The summed E-state index contributed by atoms with van der Waals surface area (Å²) in [7, 11) is 1.57. The molecule has 2 aromatic rings. The van der Waals surface area contributed by atoms with Crippen LogP contribution in [0.3, 0.4) is 0 Å². The number of ether oxygens (including phenoxy) is 2. The molecule has 7 nitrogen and oxygen atoms in total. The molecule has 27 heavy (non-hydrogen) atoms. The zero-order chi connectivity index (χ0) is 19.1. The topological polar surface area (TPSA) is 89.6 Å². The summed E-state index contributed by atoms with van der Waals surface area (Å²) in [4.78, 5) is 28.6. The molecule has 0 saturated heterocycles. The summed E-state index contributed by atoms with van der Waals surface area (Å²) in [5.41, 5.74) is 0.920. The number of nitrogens with one attached hydrogen (secondary N) is 2. The van der Waals surface area contributed by atoms with Crippen molar-refractivity contribution in [2.45, 2.75) is 31.7 Å². The molecule has 1 amide bonds. The summed E-state index contributed by atoms with van der Waals surface area (Å²) in [6, 6.07) is 10.7. The number of carbonyl (C=O) groups is 2. The monoisotopic (exact) mass is 369 g/mol. The molecular weight excluding hydrogens is 346 g/mol. The third kappa shape index (κ3) is 4.97. The number of methoxy groups -OCH3 is 1. The number of hydrogen-bond acceptors (Lipinski definition) is 6. The van der Waals surface area contributed by atoms with Gasteiger partial charge in [0.25, 0.3) is 5.91 Å². The second-order valence-electron chi connectivity index (χ2n) is 6.35. The minimum absolute atomic E-state index is 0.192. The van der Waals surface area contributed by atoms with E-state index in [9.17, 15) is 9.59 Å². The highest BCUT2D eigenvalue weighted by Gasteiger charge is 2.20. The molecule has 1 fully saturated rings. The van der Waals surface area contributed by atoms with Gasteiger partial charge in [0.15, 0.2) is 6.61 Å². The van der Waals surface area contributed by atoms with Gasteiger partial charge in [-0.1, -0.05) is 25.0 Å². The van der Waals surface area contributed by atoms with E-state index in [1.54, 1.807) is 31.5 Å². The predicted molar refractivity (Wildman–Crippen MR) is 101 cm³/mol. The zero-order valence-corrected chi connectivity index (χ0v) is 15.2. The molecule has 3 rings (SSSR count). The Hall–Kier alpha value is -3.09. The van der Waals surface area contributed by atoms with Crippen molar-refractivity contribution < 1.29 is 19.1 Å². The Morgan fingerprint density at radius 2 is 1.93 bits per heavy atom. The SMILES string of the molecule is COc1ccccc1Nc1ncccc1C(=O)OCC(=O)NC1CCCC1. The average molecular weight is 369 g/mol. The second-order valence-corrected chi connectivity index (χ2v) is 6.35. The van der Waals surface area contributed by atoms with Crippen LogP contribution in [0.15, 0.2) is 42.6 Å². The van der Waals surface area contributed by atoms with Gasteiger partial charge in [0.05, 0.1) is 12.8 Å². The maximum atomic E-state index is 12.4. The van der Waals surface area contributed by atoms with Crippen LogP contribution in [0, 0.1) is 0 Å². The highest BCUT2D eigenvalue weighted by atomic mass is 16.5. The van der Waals surface area contributed by atoms with Crippen molar-refractivity contribution >= 4 is 23.4 Å². The van der Waals surface area contributed by atoms with Gasteiger partial charge in [-0.15, -0.1) is 0 Å². The molecule has 0 bridgehead atoms. The average Bonchev–Trinajstić information content (AvgIpc) is 3.20. The summed E-state index contributed by atoms with van der Waals surface area (Å²) in [5.74, 6) is 0.0714. The first-order valence-electron chi connectivity index (χ1n) is 8.99. The van der Waals surface area contributed by atoms with E-state index in [0.29, 0.717) is 17.3 Å². The van der Waals surface area contributed by atoms with Crippen LogP contribution in [-0.4, -0.2) is 36.6 Å². The molecule has 1 aromatic heterocycles. The summed E-state index contributed by atoms with van der Waals surface area (Å²) in [6.07, 6.45) is 5.78. The minimum Gasteiger partial charge on any atom is -0.495 e. The van der Waals surface area contributed by atoms with Crippen molar-refractivity contribution in [2.24, 2.45) is 0 Å². The quantitative estimate of drug-likeness (QED) is 0.729. The Balaban J connectivity index is 1.64. The number of amides is 1. The molecule has 1 heterocycles. The summed E-state index contributed by atoms with van der Waals surface area (Å²) in [5, 5.41) is 5.97. The highest BCUT2D eigenvalue weighted by molar-refractivity contribution is 5.96. The minimum atomic E-state index is -0.609. The normalized spacial score (nSPS) is 13.8. The van der Waals surface area contributed by atoms with Crippen LogP contribution in [0.2, 0.25) is 0 Å². The molecule has 0 unspecified atom stereocenters. The maximum Gasteiger partial charge on any atom is 0.342 e. The second kappa shape index (κ2) is 9.02.